The van der Waals surface area contributed by atoms with Crippen LogP contribution in [0.25, 0.3) is 0 Å². The Morgan fingerprint density at radius 3 is 2.00 bits per heavy atom. The number of aromatic nitrogens is 2. The molecule has 0 saturated heterocycles. The van der Waals surface area contributed by atoms with Gasteiger partial charge in [0.25, 0.3) is 5.82 Å². The van der Waals surface area contributed by atoms with E-state index in [1.54, 1.807) is 12.1 Å². The van der Waals surface area contributed by atoms with Gasteiger partial charge in [-0.2, -0.15) is 0 Å². The number of hydrogen-bond donors (Lipinski definition) is 1. The lowest BCUT2D eigenvalue weighted by Gasteiger charge is -2.07. The second kappa shape index (κ2) is 14.8. The monoisotopic (exact) mass is 427 g/mol. The molecule has 0 amide bonds. The summed E-state index contributed by atoms with van der Waals surface area (Å²) in [7, 11) is 0. The van der Waals surface area contributed by atoms with Crippen LogP contribution in [0, 0.1) is 0 Å². The molecule has 0 saturated carbocycles. The number of carbonyl (C=O) groups is 1. The van der Waals surface area contributed by atoms with Crippen LogP contribution in [0.1, 0.15) is 113 Å². The molecular weight excluding hydrogens is 384 g/mol. The number of benzene rings is 1. The molecule has 2 aromatic rings. The molecule has 0 spiro atoms. The van der Waals surface area contributed by atoms with Crippen LogP contribution in [0.3, 0.4) is 0 Å². The van der Waals surface area contributed by atoms with E-state index in [4.69, 9.17) is 5.11 Å². The van der Waals surface area contributed by atoms with Crippen LogP contribution in [-0.4, -0.2) is 15.6 Å². The van der Waals surface area contributed by atoms with Gasteiger partial charge in [0.2, 0.25) is 0 Å². The van der Waals surface area contributed by atoms with E-state index in [1.807, 2.05) is 12.1 Å². The SMILES string of the molecule is CCCCCCCCCCCCc1n(CCCC)cc[n+]1Cc1ccc(C(=O)O)cc1. The number of carboxylic acids is 1. The molecule has 1 heterocycles. The smallest absolute Gasteiger partial charge is 0.335 e. The van der Waals surface area contributed by atoms with Gasteiger partial charge in [0.15, 0.2) is 0 Å². The fourth-order valence-corrected chi connectivity index (χ4v) is 4.18. The number of aryl methyl sites for hydroxylation is 1. The Morgan fingerprint density at radius 2 is 1.42 bits per heavy atom. The molecule has 31 heavy (non-hydrogen) atoms. The highest BCUT2D eigenvalue weighted by Gasteiger charge is 2.17. The van der Waals surface area contributed by atoms with Crippen LogP contribution >= 0.6 is 0 Å². The molecule has 0 fully saturated rings. The molecule has 0 radical (unpaired) electrons. The van der Waals surface area contributed by atoms with Gasteiger partial charge in [-0.05, 0) is 30.5 Å². The van der Waals surface area contributed by atoms with Gasteiger partial charge in [-0.3, -0.25) is 0 Å². The molecule has 0 bridgehead atoms. The zero-order chi connectivity index (χ0) is 22.3. The molecule has 0 aliphatic heterocycles. The first-order valence-electron chi connectivity index (χ1n) is 12.5. The van der Waals surface area contributed by atoms with Crippen LogP contribution in [0.4, 0.5) is 0 Å². The predicted octanol–water partition coefficient (Wildman–Crippen LogP) is 6.79. The van der Waals surface area contributed by atoms with Crippen molar-refractivity contribution < 1.29 is 14.5 Å². The molecule has 0 unspecified atom stereocenters. The average Bonchev–Trinajstić information content (AvgIpc) is 3.15. The Morgan fingerprint density at radius 1 is 0.839 bits per heavy atom. The molecule has 0 aliphatic carbocycles. The average molecular weight is 428 g/mol. The third-order valence-electron chi connectivity index (χ3n) is 6.15. The lowest BCUT2D eigenvalue weighted by atomic mass is 10.1. The number of aromatic carboxylic acids is 1. The highest BCUT2D eigenvalue weighted by atomic mass is 16.4. The number of unbranched alkanes of at least 4 members (excludes halogenated alkanes) is 10. The van der Waals surface area contributed by atoms with Gasteiger partial charge in [0.05, 0.1) is 12.1 Å². The van der Waals surface area contributed by atoms with E-state index in [9.17, 15) is 4.79 Å². The van der Waals surface area contributed by atoms with E-state index in [-0.39, 0.29) is 0 Å². The Kier molecular flexibility index (Phi) is 12.0. The third-order valence-corrected chi connectivity index (χ3v) is 6.15. The van der Waals surface area contributed by atoms with E-state index in [0.717, 1.165) is 25.1 Å². The second-order valence-electron chi connectivity index (χ2n) is 8.82. The van der Waals surface area contributed by atoms with Crippen molar-refractivity contribution in [2.75, 3.05) is 0 Å². The van der Waals surface area contributed by atoms with Gasteiger partial charge in [-0.15, -0.1) is 0 Å². The number of imidazole rings is 1. The summed E-state index contributed by atoms with van der Waals surface area (Å²) in [6.07, 6.45) is 21.5. The van der Waals surface area contributed by atoms with E-state index < -0.39 is 5.97 Å². The summed E-state index contributed by atoms with van der Waals surface area (Å²) in [5, 5.41) is 9.11. The van der Waals surface area contributed by atoms with Crippen LogP contribution in [-0.2, 0) is 19.5 Å². The zero-order valence-corrected chi connectivity index (χ0v) is 19.8. The maximum Gasteiger partial charge on any atom is 0.335 e. The lowest BCUT2D eigenvalue weighted by Crippen LogP contribution is -2.38. The van der Waals surface area contributed by atoms with Crippen molar-refractivity contribution in [3.8, 4) is 0 Å². The van der Waals surface area contributed by atoms with Gasteiger partial charge in [-0.25, -0.2) is 13.9 Å². The number of hydrogen-bond acceptors (Lipinski definition) is 1. The number of rotatable bonds is 17. The maximum absolute atomic E-state index is 11.1. The second-order valence-corrected chi connectivity index (χ2v) is 8.82. The first-order chi connectivity index (χ1) is 15.2. The summed E-state index contributed by atoms with van der Waals surface area (Å²) in [5.41, 5.74) is 1.49. The van der Waals surface area contributed by atoms with Gasteiger partial charge in [0, 0.05) is 6.42 Å². The van der Waals surface area contributed by atoms with Gasteiger partial charge in [-0.1, -0.05) is 90.2 Å². The standard InChI is InChI=1S/C27H42N2O2/c1-3-5-7-8-9-10-11-12-13-14-15-26-28(20-6-4-2)21-22-29(26)23-24-16-18-25(19-17-24)27(30)31/h16-19,21-22H,3-15,20,23H2,1-2H3/p+1. The fourth-order valence-electron chi connectivity index (χ4n) is 4.18. The molecule has 1 aromatic carbocycles. The van der Waals surface area contributed by atoms with E-state index >= 15 is 0 Å². The lowest BCUT2D eigenvalue weighted by molar-refractivity contribution is -0.695. The molecule has 1 aromatic heterocycles. The van der Waals surface area contributed by atoms with E-state index in [0.29, 0.717) is 5.56 Å². The summed E-state index contributed by atoms with van der Waals surface area (Å²) >= 11 is 0. The van der Waals surface area contributed by atoms with Crippen LogP contribution < -0.4 is 4.57 Å². The topological polar surface area (TPSA) is 46.1 Å². The van der Waals surface area contributed by atoms with Crippen molar-refractivity contribution in [2.45, 2.75) is 110 Å². The van der Waals surface area contributed by atoms with Gasteiger partial charge < -0.3 is 5.11 Å². The van der Waals surface area contributed by atoms with Crippen molar-refractivity contribution in [3.05, 3.63) is 53.6 Å². The summed E-state index contributed by atoms with van der Waals surface area (Å²) in [5.74, 6) is 0.530. The Balaban J connectivity index is 1.84. The summed E-state index contributed by atoms with van der Waals surface area (Å²) < 4.78 is 4.77. The van der Waals surface area contributed by atoms with Gasteiger partial charge in [0.1, 0.15) is 18.9 Å². The summed E-state index contributed by atoms with van der Waals surface area (Å²) in [4.78, 5) is 11.1. The Labute approximate surface area is 189 Å². The molecule has 0 atom stereocenters. The highest BCUT2D eigenvalue weighted by Crippen LogP contribution is 2.13. The number of nitrogens with zero attached hydrogens (tertiary/aromatic N) is 2. The van der Waals surface area contributed by atoms with Crippen molar-refractivity contribution >= 4 is 5.97 Å². The molecule has 172 valence electrons. The minimum atomic E-state index is -0.869. The molecule has 4 heteroatoms. The molecule has 0 aliphatic rings. The van der Waals surface area contributed by atoms with Gasteiger partial charge >= 0.3 is 5.97 Å². The van der Waals surface area contributed by atoms with Crippen molar-refractivity contribution in [1.29, 1.82) is 0 Å². The molecular formula is C27H43N2O2+. The van der Waals surface area contributed by atoms with Crippen LogP contribution in [0.2, 0.25) is 0 Å². The minimum Gasteiger partial charge on any atom is -0.478 e. The predicted molar refractivity (Wildman–Crippen MR) is 128 cm³/mol. The van der Waals surface area contributed by atoms with Crippen molar-refractivity contribution in [2.24, 2.45) is 0 Å². The normalized spacial score (nSPS) is 11.2. The van der Waals surface area contributed by atoms with E-state index in [2.05, 4.69) is 35.4 Å². The quantitative estimate of drug-likeness (QED) is 0.223. The van der Waals surface area contributed by atoms with Crippen molar-refractivity contribution in [3.63, 3.8) is 0 Å². The number of carboxylic acid groups (broad SMARTS) is 1. The summed E-state index contributed by atoms with van der Waals surface area (Å²) in [6, 6.07) is 7.27. The maximum atomic E-state index is 11.1. The van der Waals surface area contributed by atoms with Crippen LogP contribution in [0.15, 0.2) is 36.7 Å². The van der Waals surface area contributed by atoms with E-state index in [1.165, 1.54) is 82.9 Å². The molecule has 1 N–H and O–H groups in total. The highest BCUT2D eigenvalue weighted by molar-refractivity contribution is 5.87. The minimum absolute atomic E-state index is 0.347. The molecule has 4 nitrogen and oxygen atoms in total. The third kappa shape index (κ3) is 9.28. The zero-order valence-electron chi connectivity index (χ0n) is 19.8. The Hall–Kier alpha value is -2.10. The summed E-state index contributed by atoms with van der Waals surface area (Å²) in [6.45, 7) is 6.39. The van der Waals surface area contributed by atoms with Crippen molar-refractivity contribution in [1.82, 2.24) is 4.57 Å². The largest absolute Gasteiger partial charge is 0.478 e. The Bertz CT molecular complexity index is 749. The fraction of sp³-hybridized carbons (Fsp3) is 0.630. The molecule has 2 rings (SSSR count). The van der Waals surface area contributed by atoms with Crippen LogP contribution in [0.5, 0.6) is 0 Å². The first-order valence-corrected chi connectivity index (χ1v) is 12.5. The first kappa shape index (κ1) is 25.2.